The van der Waals surface area contributed by atoms with Crippen molar-refractivity contribution in [3.63, 3.8) is 0 Å². The molecule has 4 atom stereocenters. The van der Waals surface area contributed by atoms with Gasteiger partial charge in [0.05, 0.1) is 19.8 Å². The van der Waals surface area contributed by atoms with E-state index in [1.54, 1.807) is 0 Å². The molecule has 2 saturated heterocycles. The molecule has 2 aliphatic heterocycles. The number of hydrogen-bond donors (Lipinski definition) is 4. The van der Waals surface area contributed by atoms with E-state index in [1.165, 1.54) is 6.20 Å². The Bertz CT molecular complexity index is 760. The van der Waals surface area contributed by atoms with Crippen molar-refractivity contribution < 1.29 is 19.7 Å². The van der Waals surface area contributed by atoms with Gasteiger partial charge in [-0.25, -0.2) is 4.79 Å². The number of aliphatic hydroxyl groups is 2. The predicted molar refractivity (Wildman–Crippen MR) is 72.9 cm³/mol. The number of ether oxygens (including phenoxy) is 2. The zero-order valence-electron chi connectivity index (χ0n) is 11.5. The largest absolute Gasteiger partial charge is 0.393 e. The van der Waals surface area contributed by atoms with E-state index in [-0.39, 0.29) is 18.7 Å². The summed E-state index contributed by atoms with van der Waals surface area (Å²) in [5.41, 5.74) is 2.70. The first-order valence-corrected chi connectivity index (χ1v) is 6.65. The van der Waals surface area contributed by atoms with Gasteiger partial charge in [0, 0.05) is 6.20 Å². The van der Waals surface area contributed by atoms with Crippen LogP contribution in [-0.4, -0.2) is 57.3 Å². The first-order chi connectivity index (χ1) is 10.5. The highest BCUT2D eigenvalue weighted by atomic mass is 16.7. The minimum absolute atomic E-state index is 0.0315. The summed E-state index contributed by atoms with van der Waals surface area (Å²) < 4.78 is 12.1. The summed E-state index contributed by atoms with van der Waals surface area (Å²) in [4.78, 5) is 25.8. The lowest BCUT2D eigenvalue weighted by atomic mass is 10.0. The summed E-state index contributed by atoms with van der Waals surface area (Å²) in [6.45, 7) is -0.348. The second kappa shape index (κ2) is 5.35. The van der Waals surface area contributed by atoms with Crippen LogP contribution < -0.4 is 17.0 Å². The number of aliphatic hydroxyl groups excluding tert-OH is 2. The Morgan fingerprint density at radius 1 is 1.55 bits per heavy atom. The molecular weight excluding hydrogens is 294 g/mol. The van der Waals surface area contributed by atoms with Crippen molar-refractivity contribution in [2.24, 2.45) is 5.73 Å². The summed E-state index contributed by atoms with van der Waals surface area (Å²) >= 11 is 0. The molecule has 9 heteroatoms. The van der Waals surface area contributed by atoms with Crippen LogP contribution in [0.25, 0.3) is 0 Å². The van der Waals surface area contributed by atoms with Crippen LogP contribution in [0.15, 0.2) is 15.8 Å². The van der Waals surface area contributed by atoms with E-state index in [2.05, 4.69) is 16.8 Å². The average Bonchev–Trinajstić information content (AvgIpc) is 2.97. The molecule has 22 heavy (non-hydrogen) atoms. The number of nitrogens with two attached hydrogens (primary N) is 1. The Morgan fingerprint density at radius 3 is 2.95 bits per heavy atom. The minimum atomic E-state index is -1.26. The number of aromatic amines is 1. The lowest BCUT2D eigenvalue weighted by Gasteiger charge is -2.29. The summed E-state index contributed by atoms with van der Waals surface area (Å²) in [6, 6.07) is 0. The molecule has 0 aliphatic carbocycles. The maximum absolute atomic E-state index is 12.0. The summed E-state index contributed by atoms with van der Waals surface area (Å²) in [5.74, 6) is 5.08. The first-order valence-electron chi connectivity index (χ1n) is 6.65. The fourth-order valence-corrected chi connectivity index (χ4v) is 2.66. The summed E-state index contributed by atoms with van der Waals surface area (Å²) in [5, 5.41) is 19.5. The van der Waals surface area contributed by atoms with Gasteiger partial charge in [-0.3, -0.25) is 14.3 Å². The van der Waals surface area contributed by atoms with Gasteiger partial charge < -0.3 is 25.4 Å². The molecule has 118 valence electrons. The van der Waals surface area contributed by atoms with Gasteiger partial charge in [0.25, 0.3) is 5.56 Å². The zero-order valence-corrected chi connectivity index (χ0v) is 11.5. The van der Waals surface area contributed by atoms with Crippen LogP contribution in [0, 0.1) is 11.8 Å². The summed E-state index contributed by atoms with van der Waals surface area (Å²) in [6.07, 6.45) is -1.61. The number of fused-ring (bicyclic) bond motifs is 2. The number of nitrogens with one attached hydrogen (secondary N) is 1. The molecule has 0 saturated carbocycles. The third kappa shape index (κ3) is 2.09. The highest BCUT2D eigenvalue weighted by Gasteiger charge is 2.61. The average molecular weight is 309 g/mol. The van der Waals surface area contributed by atoms with Gasteiger partial charge in [0.15, 0.2) is 6.23 Å². The Morgan fingerprint density at radius 2 is 2.32 bits per heavy atom. The van der Waals surface area contributed by atoms with Gasteiger partial charge in [-0.05, 0) is 0 Å². The van der Waals surface area contributed by atoms with Gasteiger partial charge in [-0.2, -0.15) is 0 Å². The number of hydrogen-bond acceptors (Lipinski definition) is 7. The second-order valence-electron chi connectivity index (χ2n) is 5.17. The third-order valence-electron chi connectivity index (χ3n) is 3.84. The lowest BCUT2D eigenvalue weighted by molar-refractivity contribution is -0.187. The number of rotatable bonds is 2. The van der Waals surface area contributed by atoms with Crippen molar-refractivity contribution in [3.8, 4) is 11.8 Å². The van der Waals surface area contributed by atoms with Gasteiger partial charge in [0.1, 0.15) is 23.4 Å². The number of H-pyrrole nitrogens is 1. The first kappa shape index (κ1) is 15.0. The molecule has 9 nitrogen and oxygen atoms in total. The van der Waals surface area contributed by atoms with Crippen LogP contribution in [0.3, 0.4) is 0 Å². The highest BCUT2D eigenvalue weighted by molar-refractivity contribution is 5.30. The highest BCUT2D eigenvalue weighted by Crippen LogP contribution is 2.44. The van der Waals surface area contributed by atoms with E-state index < -0.39 is 41.9 Å². The number of aromatic nitrogens is 2. The lowest BCUT2D eigenvalue weighted by Crippen LogP contribution is -2.44. The van der Waals surface area contributed by atoms with Crippen LogP contribution in [0.2, 0.25) is 0 Å². The third-order valence-corrected chi connectivity index (χ3v) is 3.84. The van der Waals surface area contributed by atoms with Crippen molar-refractivity contribution in [1.82, 2.24) is 9.55 Å². The molecule has 2 aliphatic rings. The Labute approximate surface area is 124 Å². The minimum Gasteiger partial charge on any atom is -0.393 e. The van der Waals surface area contributed by atoms with Gasteiger partial charge in [-0.1, -0.05) is 11.8 Å². The number of nitrogens with zero attached hydrogens (tertiary/aromatic N) is 1. The molecule has 3 rings (SSSR count). The van der Waals surface area contributed by atoms with Crippen molar-refractivity contribution in [2.75, 3.05) is 19.8 Å². The van der Waals surface area contributed by atoms with Gasteiger partial charge in [-0.15, -0.1) is 0 Å². The van der Waals surface area contributed by atoms with E-state index in [0.717, 1.165) is 4.57 Å². The van der Waals surface area contributed by atoms with Crippen LogP contribution in [0.4, 0.5) is 0 Å². The standard InChI is InChI=1S/C13H15N3O6/c14-3-1-2-7-4-16(12(20)15-10(7)19)11-8-9(18)13(5-17,22-11)6-21-8/h4,8-9,11,17-18H,3,5-6,14H2,(H,15,19,20)/t8?,9-,11-,13+/m1/s1. The Balaban J connectivity index is 2.03. The molecule has 3 heterocycles. The monoisotopic (exact) mass is 309 g/mol. The van der Waals surface area contributed by atoms with E-state index in [9.17, 15) is 19.8 Å². The maximum atomic E-state index is 12.0. The van der Waals surface area contributed by atoms with E-state index in [0.29, 0.717) is 0 Å². The van der Waals surface area contributed by atoms with Crippen molar-refractivity contribution in [3.05, 3.63) is 32.6 Å². The zero-order chi connectivity index (χ0) is 15.9. The quantitative estimate of drug-likeness (QED) is 0.423. The molecule has 0 radical (unpaired) electrons. The Hall–Kier alpha value is -1.96. The second-order valence-corrected chi connectivity index (χ2v) is 5.17. The van der Waals surface area contributed by atoms with Crippen molar-refractivity contribution in [2.45, 2.75) is 24.0 Å². The Kier molecular flexibility index (Phi) is 3.64. The molecule has 2 bridgehead atoms. The van der Waals surface area contributed by atoms with Gasteiger partial charge in [0.2, 0.25) is 0 Å². The molecular formula is C13H15N3O6. The van der Waals surface area contributed by atoms with Crippen molar-refractivity contribution >= 4 is 0 Å². The molecule has 1 aromatic rings. The molecule has 0 amide bonds. The molecule has 2 fully saturated rings. The topological polar surface area (TPSA) is 140 Å². The van der Waals surface area contributed by atoms with E-state index in [4.69, 9.17) is 15.2 Å². The molecule has 5 N–H and O–H groups in total. The van der Waals surface area contributed by atoms with E-state index >= 15 is 0 Å². The van der Waals surface area contributed by atoms with Gasteiger partial charge >= 0.3 is 5.69 Å². The maximum Gasteiger partial charge on any atom is 0.330 e. The SMILES string of the molecule is NCC#Cc1cn([C@@H]2O[C@@]3(CO)COC2[C@H]3O)c(=O)[nH]c1=O. The van der Waals surface area contributed by atoms with Crippen molar-refractivity contribution in [1.29, 1.82) is 0 Å². The fraction of sp³-hybridized carbons (Fsp3) is 0.538. The molecule has 0 aromatic carbocycles. The fourth-order valence-electron chi connectivity index (χ4n) is 2.66. The van der Waals surface area contributed by atoms with Crippen LogP contribution in [-0.2, 0) is 9.47 Å². The smallest absolute Gasteiger partial charge is 0.330 e. The predicted octanol–water partition coefficient (Wildman–Crippen LogP) is -3.13. The van der Waals surface area contributed by atoms with Crippen LogP contribution in [0.1, 0.15) is 11.8 Å². The van der Waals surface area contributed by atoms with Crippen LogP contribution in [0.5, 0.6) is 0 Å². The van der Waals surface area contributed by atoms with E-state index in [1.807, 2.05) is 0 Å². The summed E-state index contributed by atoms with van der Waals surface area (Å²) in [7, 11) is 0. The van der Waals surface area contributed by atoms with Crippen LogP contribution >= 0.6 is 0 Å². The normalized spacial score (nSPS) is 32.8. The molecule has 1 unspecified atom stereocenters. The molecule has 0 spiro atoms. The molecule has 1 aromatic heterocycles.